The van der Waals surface area contributed by atoms with Gasteiger partial charge in [-0.25, -0.2) is 9.97 Å². The summed E-state index contributed by atoms with van der Waals surface area (Å²) < 4.78 is 16.3. The molecule has 0 bridgehead atoms. The molecule has 140 valence electrons. The summed E-state index contributed by atoms with van der Waals surface area (Å²) >= 11 is 0. The number of piperidine rings is 1. The lowest BCUT2D eigenvalue weighted by atomic mass is 9.98. The van der Waals surface area contributed by atoms with Gasteiger partial charge < -0.3 is 18.5 Å². The van der Waals surface area contributed by atoms with Crippen LogP contribution in [-0.4, -0.2) is 41.0 Å². The van der Waals surface area contributed by atoms with Crippen molar-refractivity contribution in [3.63, 3.8) is 0 Å². The molecule has 0 aliphatic carbocycles. The number of benzene rings is 1. The van der Waals surface area contributed by atoms with E-state index >= 15 is 0 Å². The molecule has 2 aromatic heterocycles. The Balaban J connectivity index is 1.42. The van der Waals surface area contributed by atoms with E-state index in [-0.39, 0.29) is 17.6 Å². The Bertz CT molecular complexity index is 886. The van der Waals surface area contributed by atoms with Crippen molar-refractivity contribution in [2.75, 3.05) is 20.2 Å². The van der Waals surface area contributed by atoms with Gasteiger partial charge in [0.1, 0.15) is 11.5 Å². The minimum Gasteiger partial charge on any atom is -0.497 e. The van der Waals surface area contributed by atoms with E-state index in [9.17, 15) is 4.79 Å². The highest BCUT2D eigenvalue weighted by Crippen LogP contribution is 2.28. The molecule has 27 heavy (non-hydrogen) atoms. The second kappa shape index (κ2) is 7.65. The second-order valence-corrected chi connectivity index (χ2v) is 6.65. The number of likely N-dealkylation sites (tertiary alicyclic amines) is 1. The van der Waals surface area contributed by atoms with Gasteiger partial charge in [0.2, 0.25) is 5.76 Å². The molecule has 7 heteroatoms. The molecule has 7 nitrogen and oxygen atoms in total. The average molecular weight is 367 g/mol. The van der Waals surface area contributed by atoms with Crippen LogP contribution in [0, 0.1) is 0 Å². The normalized spacial score (nSPS) is 17.1. The van der Waals surface area contributed by atoms with Crippen LogP contribution in [0.5, 0.6) is 5.75 Å². The molecule has 3 heterocycles. The fourth-order valence-electron chi connectivity index (χ4n) is 3.38. The number of carbonyl (C=O) groups excluding carboxylic acids is 1. The fraction of sp³-hybridized carbons (Fsp3) is 0.350. The molecule has 1 aliphatic rings. The summed E-state index contributed by atoms with van der Waals surface area (Å²) in [5, 5.41) is 0. The molecule has 1 amide bonds. The van der Waals surface area contributed by atoms with Crippen molar-refractivity contribution in [1.82, 2.24) is 14.9 Å². The average Bonchev–Trinajstić information content (AvgIpc) is 3.40. The third-order valence-electron chi connectivity index (χ3n) is 4.81. The molecule has 0 spiro atoms. The van der Waals surface area contributed by atoms with E-state index in [1.807, 2.05) is 24.3 Å². The van der Waals surface area contributed by atoms with E-state index in [0.717, 1.165) is 29.9 Å². The van der Waals surface area contributed by atoms with Crippen LogP contribution in [-0.2, 0) is 6.42 Å². The number of ether oxygens (including phenoxy) is 1. The van der Waals surface area contributed by atoms with Crippen LogP contribution in [0.15, 0.2) is 51.9 Å². The summed E-state index contributed by atoms with van der Waals surface area (Å²) in [5.74, 6) is 2.55. The van der Waals surface area contributed by atoms with Gasteiger partial charge in [0, 0.05) is 19.5 Å². The van der Waals surface area contributed by atoms with E-state index in [4.69, 9.17) is 13.6 Å². The Hall–Kier alpha value is -3.09. The van der Waals surface area contributed by atoms with E-state index in [0.29, 0.717) is 25.4 Å². The van der Waals surface area contributed by atoms with Gasteiger partial charge in [0.05, 0.1) is 25.4 Å². The first-order chi connectivity index (χ1) is 13.2. The predicted octanol–water partition coefficient (Wildman–Crippen LogP) is 3.28. The number of aromatic nitrogens is 2. The van der Waals surface area contributed by atoms with Crippen molar-refractivity contribution in [2.45, 2.75) is 25.2 Å². The van der Waals surface area contributed by atoms with Gasteiger partial charge in [0.15, 0.2) is 12.3 Å². The SMILES string of the molecule is COc1ccc(Cc2cnc([C@H]3CCCN(C(=O)c4cnco4)C3)o2)cc1. The topological polar surface area (TPSA) is 81.6 Å². The van der Waals surface area contributed by atoms with Crippen molar-refractivity contribution < 1.29 is 18.4 Å². The Labute approximate surface area is 157 Å². The predicted molar refractivity (Wildman–Crippen MR) is 96.7 cm³/mol. The summed E-state index contributed by atoms with van der Waals surface area (Å²) in [6.07, 6.45) is 7.02. The second-order valence-electron chi connectivity index (χ2n) is 6.65. The van der Waals surface area contributed by atoms with Crippen molar-refractivity contribution in [3.8, 4) is 5.75 Å². The number of methoxy groups -OCH3 is 1. The summed E-state index contributed by atoms with van der Waals surface area (Å²) in [6.45, 7) is 1.28. The number of hydrogen-bond donors (Lipinski definition) is 0. The van der Waals surface area contributed by atoms with E-state index in [2.05, 4.69) is 9.97 Å². The molecule has 1 atom stereocenters. The Morgan fingerprint density at radius 2 is 2.15 bits per heavy atom. The van der Waals surface area contributed by atoms with E-state index in [1.165, 1.54) is 12.6 Å². The van der Waals surface area contributed by atoms with Crippen molar-refractivity contribution >= 4 is 5.91 Å². The largest absolute Gasteiger partial charge is 0.497 e. The Morgan fingerprint density at radius 3 is 2.89 bits per heavy atom. The first kappa shape index (κ1) is 17.3. The maximum Gasteiger partial charge on any atom is 0.291 e. The third-order valence-corrected chi connectivity index (χ3v) is 4.81. The van der Waals surface area contributed by atoms with Crippen LogP contribution in [0.3, 0.4) is 0 Å². The molecule has 1 aliphatic heterocycles. The lowest BCUT2D eigenvalue weighted by Crippen LogP contribution is -2.39. The first-order valence-corrected chi connectivity index (χ1v) is 8.98. The number of amides is 1. The van der Waals surface area contributed by atoms with Crippen LogP contribution in [0.4, 0.5) is 0 Å². The van der Waals surface area contributed by atoms with Crippen molar-refractivity contribution in [2.24, 2.45) is 0 Å². The molecular weight excluding hydrogens is 346 g/mol. The summed E-state index contributed by atoms with van der Waals surface area (Å²) in [7, 11) is 1.65. The zero-order valence-electron chi connectivity index (χ0n) is 15.1. The van der Waals surface area contributed by atoms with Crippen LogP contribution in [0.2, 0.25) is 0 Å². The summed E-state index contributed by atoms with van der Waals surface area (Å²) in [5.41, 5.74) is 1.13. The van der Waals surface area contributed by atoms with E-state index in [1.54, 1.807) is 18.2 Å². The first-order valence-electron chi connectivity index (χ1n) is 8.98. The standard InChI is InChI=1S/C20H21N3O4/c1-25-16-6-4-14(5-7-16)9-17-10-22-19(27-17)15-3-2-8-23(12-15)20(24)18-11-21-13-26-18/h4-7,10-11,13,15H,2-3,8-9,12H2,1H3/t15-/m0/s1. The van der Waals surface area contributed by atoms with Crippen LogP contribution in [0.1, 0.15) is 46.5 Å². The smallest absolute Gasteiger partial charge is 0.291 e. The minimum absolute atomic E-state index is 0.0928. The third kappa shape index (κ3) is 3.86. The Kier molecular flexibility index (Phi) is 4.91. The van der Waals surface area contributed by atoms with Crippen LogP contribution < -0.4 is 4.74 Å². The maximum atomic E-state index is 12.5. The molecule has 0 N–H and O–H groups in total. The lowest BCUT2D eigenvalue weighted by molar-refractivity contribution is 0.0666. The lowest BCUT2D eigenvalue weighted by Gasteiger charge is -2.30. The van der Waals surface area contributed by atoms with Crippen LogP contribution >= 0.6 is 0 Å². The van der Waals surface area contributed by atoms with Gasteiger partial charge in [-0.2, -0.15) is 0 Å². The molecule has 3 aromatic rings. The molecule has 0 radical (unpaired) electrons. The van der Waals surface area contributed by atoms with E-state index < -0.39 is 0 Å². The number of oxazole rings is 2. The van der Waals surface area contributed by atoms with Gasteiger partial charge in [-0.3, -0.25) is 4.79 Å². The zero-order chi connectivity index (χ0) is 18.6. The molecule has 1 aromatic carbocycles. The summed E-state index contributed by atoms with van der Waals surface area (Å²) in [6, 6.07) is 7.89. The van der Waals surface area contributed by atoms with Crippen LogP contribution in [0.25, 0.3) is 0 Å². The van der Waals surface area contributed by atoms with Gasteiger partial charge in [-0.05, 0) is 30.5 Å². The van der Waals surface area contributed by atoms with Gasteiger partial charge in [-0.15, -0.1) is 0 Å². The number of rotatable bonds is 5. The van der Waals surface area contributed by atoms with Gasteiger partial charge in [0.25, 0.3) is 5.91 Å². The molecule has 1 fully saturated rings. The number of carbonyl (C=O) groups is 1. The maximum absolute atomic E-state index is 12.5. The Morgan fingerprint density at radius 1 is 1.30 bits per heavy atom. The molecular formula is C20H21N3O4. The summed E-state index contributed by atoms with van der Waals surface area (Å²) in [4.78, 5) is 22.5. The van der Waals surface area contributed by atoms with Crippen molar-refractivity contribution in [3.05, 3.63) is 66.0 Å². The zero-order valence-corrected chi connectivity index (χ0v) is 15.1. The molecule has 0 saturated carbocycles. The van der Waals surface area contributed by atoms with Gasteiger partial charge in [-0.1, -0.05) is 12.1 Å². The highest BCUT2D eigenvalue weighted by Gasteiger charge is 2.29. The molecule has 0 unspecified atom stereocenters. The number of nitrogens with zero attached hydrogens (tertiary/aromatic N) is 3. The minimum atomic E-state index is -0.137. The quantitative estimate of drug-likeness (QED) is 0.688. The molecule has 4 rings (SSSR count). The fourth-order valence-corrected chi connectivity index (χ4v) is 3.38. The van der Waals surface area contributed by atoms with Crippen molar-refractivity contribution in [1.29, 1.82) is 0 Å². The highest BCUT2D eigenvalue weighted by atomic mass is 16.5. The highest BCUT2D eigenvalue weighted by molar-refractivity contribution is 5.91. The molecule has 1 saturated heterocycles. The monoisotopic (exact) mass is 367 g/mol. The van der Waals surface area contributed by atoms with Gasteiger partial charge >= 0.3 is 0 Å². The number of hydrogen-bond acceptors (Lipinski definition) is 6.